The van der Waals surface area contributed by atoms with Crippen LogP contribution < -0.4 is 14.8 Å². The molecule has 5 rings (SSSR count). The van der Waals surface area contributed by atoms with Gasteiger partial charge in [-0.15, -0.1) is 11.3 Å². The number of rotatable bonds is 11. The number of hydrogen-bond donors (Lipinski definition) is 2. The monoisotopic (exact) mass is 535 g/mol. The van der Waals surface area contributed by atoms with Crippen molar-refractivity contribution >= 4 is 49.8 Å². The van der Waals surface area contributed by atoms with Crippen LogP contribution in [0.5, 0.6) is 11.5 Å². The van der Waals surface area contributed by atoms with Gasteiger partial charge in [0.05, 0.1) is 25.7 Å². The van der Waals surface area contributed by atoms with Gasteiger partial charge in [0.25, 0.3) is 0 Å². The second kappa shape index (κ2) is 11.9. The molecule has 0 amide bonds. The molecule has 2 N–H and O–H groups in total. The molecule has 2 aromatic heterocycles. The Morgan fingerprint density at radius 2 is 1.95 bits per heavy atom. The number of aromatic nitrogens is 2. The van der Waals surface area contributed by atoms with Crippen LogP contribution in [0.15, 0.2) is 42.7 Å². The SMILES string of the molecule is COc1cc2c(Nc3cccc4sc(CCC(=O)O)cc34)ncnc2cc1OCCCN1CCN(C)CC1. The fourth-order valence-corrected chi connectivity index (χ4v) is 5.77. The fourth-order valence-electron chi connectivity index (χ4n) is 4.68. The van der Waals surface area contributed by atoms with Gasteiger partial charge >= 0.3 is 5.97 Å². The average molecular weight is 536 g/mol. The van der Waals surface area contributed by atoms with E-state index in [2.05, 4.69) is 38.2 Å². The van der Waals surface area contributed by atoms with Crippen molar-refractivity contribution in [3.8, 4) is 11.5 Å². The van der Waals surface area contributed by atoms with Gasteiger partial charge in [-0.1, -0.05) is 6.07 Å². The van der Waals surface area contributed by atoms with E-state index in [1.165, 1.54) is 0 Å². The fraction of sp³-hybridized carbons (Fsp3) is 0.393. The van der Waals surface area contributed by atoms with Crippen LogP contribution in [0.1, 0.15) is 17.7 Å². The van der Waals surface area contributed by atoms with Crippen LogP contribution in [0.25, 0.3) is 21.0 Å². The Labute approximate surface area is 226 Å². The second-order valence-electron chi connectivity index (χ2n) is 9.54. The van der Waals surface area contributed by atoms with Crippen molar-refractivity contribution in [3.05, 3.63) is 47.6 Å². The summed E-state index contributed by atoms with van der Waals surface area (Å²) in [4.78, 5) is 25.9. The van der Waals surface area contributed by atoms with E-state index >= 15 is 0 Å². The van der Waals surface area contributed by atoms with Gasteiger partial charge in [-0.2, -0.15) is 0 Å². The number of benzene rings is 2. The zero-order valence-corrected chi connectivity index (χ0v) is 22.6. The third kappa shape index (κ3) is 6.15. The van der Waals surface area contributed by atoms with Gasteiger partial charge in [0.1, 0.15) is 12.1 Å². The number of nitrogens with zero attached hydrogens (tertiary/aromatic N) is 4. The molecule has 4 aromatic rings. The van der Waals surface area contributed by atoms with Crippen molar-refractivity contribution in [1.29, 1.82) is 0 Å². The molecule has 9 nitrogen and oxygen atoms in total. The highest BCUT2D eigenvalue weighted by molar-refractivity contribution is 7.19. The number of carboxylic acid groups (broad SMARTS) is 1. The molecule has 0 radical (unpaired) electrons. The number of likely N-dealkylation sites (N-methyl/N-ethyl adjacent to an activating group) is 1. The van der Waals surface area contributed by atoms with Crippen LogP contribution in [0.2, 0.25) is 0 Å². The lowest BCUT2D eigenvalue weighted by Gasteiger charge is -2.32. The van der Waals surface area contributed by atoms with E-state index in [9.17, 15) is 4.79 Å². The number of methoxy groups -OCH3 is 1. The number of piperazine rings is 1. The van der Waals surface area contributed by atoms with E-state index in [4.69, 9.17) is 14.6 Å². The number of ether oxygens (including phenoxy) is 2. The van der Waals surface area contributed by atoms with E-state index in [1.54, 1.807) is 24.8 Å². The first-order valence-electron chi connectivity index (χ1n) is 12.9. The van der Waals surface area contributed by atoms with Crippen molar-refractivity contribution in [2.75, 3.05) is 58.8 Å². The Balaban J connectivity index is 1.32. The van der Waals surface area contributed by atoms with Crippen molar-refractivity contribution in [2.24, 2.45) is 0 Å². The highest BCUT2D eigenvalue weighted by Crippen LogP contribution is 2.37. The summed E-state index contributed by atoms with van der Waals surface area (Å²) < 4.78 is 12.9. The number of carboxylic acids is 1. The van der Waals surface area contributed by atoms with Crippen LogP contribution in [0.4, 0.5) is 11.5 Å². The molecule has 1 aliphatic heterocycles. The summed E-state index contributed by atoms with van der Waals surface area (Å²) in [5.41, 5.74) is 1.67. The smallest absolute Gasteiger partial charge is 0.303 e. The maximum atomic E-state index is 11.0. The van der Waals surface area contributed by atoms with Gasteiger partial charge in [-0.25, -0.2) is 9.97 Å². The molecule has 0 saturated carbocycles. The Kier molecular flexibility index (Phi) is 8.21. The largest absolute Gasteiger partial charge is 0.493 e. The van der Waals surface area contributed by atoms with Crippen molar-refractivity contribution in [3.63, 3.8) is 0 Å². The number of aliphatic carboxylic acids is 1. The van der Waals surface area contributed by atoms with Crippen LogP contribution in [-0.4, -0.2) is 84.3 Å². The van der Waals surface area contributed by atoms with Crippen LogP contribution in [-0.2, 0) is 11.2 Å². The van der Waals surface area contributed by atoms with E-state index < -0.39 is 5.97 Å². The number of nitrogens with one attached hydrogen (secondary N) is 1. The molecule has 0 spiro atoms. The van der Waals surface area contributed by atoms with Gasteiger partial charge in [0.15, 0.2) is 11.5 Å². The zero-order chi connectivity index (χ0) is 26.5. The summed E-state index contributed by atoms with van der Waals surface area (Å²) in [6.07, 6.45) is 3.12. The van der Waals surface area contributed by atoms with Crippen molar-refractivity contribution in [1.82, 2.24) is 19.8 Å². The molecule has 0 aliphatic carbocycles. The van der Waals surface area contributed by atoms with E-state index in [0.29, 0.717) is 30.3 Å². The lowest BCUT2D eigenvalue weighted by atomic mass is 10.1. The van der Waals surface area contributed by atoms with E-state index in [0.717, 1.165) is 70.7 Å². The molecular weight excluding hydrogens is 502 g/mol. The highest BCUT2D eigenvalue weighted by atomic mass is 32.1. The maximum Gasteiger partial charge on any atom is 0.303 e. The van der Waals surface area contributed by atoms with Gasteiger partial charge in [-0.05, 0) is 44.2 Å². The van der Waals surface area contributed by atoms with Gasteiger partial charge < -0.3 is 29.7 Å². The van der Waals surface area contributed by atoms with Crippen LogP contribution >= 0.6 is 11.3 Å². The predicted molar refractivity (Wildman–Crippen MR) is 151 cm³/mol. The summed E-state index contributed by atoms with van der Waals surface area (Å²) in [5, 5.41) is 14.4. The van der Waals surface area contributed by atoms with E-state index in [-0.39, 0.29) is 6.42 Å². The number of thiophene rings is 1. The molecule has 0 atom stereocenters. The minimum Gasteiger partial charge on any atom is -0.493 e. The highest BCUT2D eigenvalue weighted by Gasteiger charge is 2.15. The molecule has 38 heavy (non-hydrogen) atoms. The summed E-state index contributed by atoms with van der Waals surface area (Å²) >= 11 is 1.62. The third-order valence-corrected chi connectivity index (χ3v) is 8.00. The molecule has 1 fully saturated rings. The zero-order valence-electron chi connectivity index (χ0n) is 21.8. The first-order valence-corrected chi connectivity index (χ1v) is 13.7. The Hall–Kier alpha value is -3.47. The molecule has 1 saturated heterocycles. The molecular formula is C28H33N5O4S. The molecule has 0 bridgehead atoms. The average Bonchev–Trinajstić information content (AvgIpc) is 3.35. The van der Waals surface area contributed by atoms with E-state index in [1.807, 2.05) is 30.3 Å². The topological polar surface area (TPSA) is 100 Å². The van der Waals surface area contributed by atoms with Gasteiger partial charge in [0, 0.05) is 64.8 Å². The van der Waals surface area contributed by atoms with Gasteiger partial charge in [0.2, 0.25) is 0 Å². The number of hydrogen-bond acceptors (Lipinski definition) is 9. The maximum absolute atomic E-state index is 11.0. The number of carbonyl (C=O) groups is 1. The third-order valence-electron chi connectivity index (χ3n) is 6.84. The normalized spacial score (nSPS) is 14.7. The summed E-state index contributed by atoms with van der Waals surface area (Å²) in [6.45, 7) is 6.06. The second-order valence-corrected chi connectivity index (χ2v) is 10.7. The Bertz CT molecular complexity index is 1420. The lowest BCUT2D eigenvalue weighted by molar-refractivity contribution is -0.136. The van der Waals surface area contributed by atoms with Crippen LogP contribution in [0.3, 0.4) is 0 Å². The minimum atomic E-state index is -0.791. The van der Waals surface area contributed by atoms with Crippen LogP contribution in [0, 0.1) is 0 Å². The molecule has 2 aromatic carbocycles. The van der Waals surface area contributed by atoms with Gasteiger partial charge in [-0.3, -0.25) is 4.79 Å². The molecule has 3 heterocycles. The Morgan fingerprint density at radius 3 is 2.74 bits per heavy atom. The molecule has 0 unspecified atom stereocenters. The first-order chi connectivity index (χ1) is 18.5. The predicted octanol–water partition coefficient (Wildman–Crippen LogP) is 4.63. The van der Waals surface area contributed by atoms with Crippen molar-refractivity contribution in [2.45, 2.75) is 19.3 Å². The molecule has 10 heteroatoms. The quantitative estimate of drug-likeness (QED) is 0.266. The number of anilines is 2. The lowest BCUT2D eigenvalue weighted by Crippen LogP contribution is -2.44. The first kappa shape index (κ1) is 26.1. The van der Waals surface area contributed by atoms with Crippen molar-refractivity contribution < 1.29 is 19.4 Å². The summed E-state index contributed by atoms with van der Waals surface area (Å²) in [5.74, 6) is 1.19. The molecule has 200 valence electrons. The summed E-state index contributed by atoms with van der Waals surface area (Å²) in [6, 6.07) is 11.9. The number of fused-ring (bicyclic) bond motifs is 2. The number of aryl methyl sites for hydroxylation is 1. The standard InChI is InChI=1S/C28H33N5O4S/c1-32-10-12-33(13-11-32)9-4-14-37-25-17-23-21(16-24(25)36-2)28(30-18-29-23)31-22-5-3-6-26-20(22)15-19(38-26)7-8-27(34)35/h3,5-6,15-18H,4,7-14H2,1-2H3,(H,34,35)(H,29,30,31). The Morgan fingerprint density at radius 1 is 1.11 bits per heavy atom. The minimum absolute atomic E-state index is 0.117. The summed E-state index contributed by atoms with van der Waals surface area (Å²) in [7, 11) is 3.81. The molecule has 1 aliphatic rings.